The topological polar surface area (TPSA) is 68.5 Å². The molecule has 1 amide bonds. The molecule has 6 nitrogen and oxygen atoms in total. The van der Waals surface area contributed by atoms with Crippen LogP contribution in [0.2, 0.25) is 0 Å². The summed E-state index contributed by atoms with van der Waals surface area (Å²) in [5.41, 5.74) is 2.63. The van der Waals surface area contributed by atoms with Crippen molar-refractivity contribution >= 4 is 22.2 Å². The van der Waals surface area contributed by atoms with E-state index < -0.39 is 0 Å². The Morgan fingerprint density at radius 1 is 1.15 bits per heavy atom. The van der Waals surface area contributed by atoms with Crippen molar-refractivity contribution in [2.45, 2.75) is 6.42 Å². The lowest BCUT2D eigenvalue weighted by atomic mass is 10.2. The molecule has 0 spiro atoms. The first-order valence-electron chi connectivity index (χ1n) is 8.55. The summed E-state index contributed by atoms with van der Waals surface area (Å²) >= 11 is 1.55. The number of hydrogen-bond acceptors (Lipinski definition) is 5. The summed E-state index contributed by atoms with van der Waals surface area (Å²) in [5, 5.41) is 9.58. The predicted octanol–water partition coefficient (Wildman–Crippen LogP) is 3.44. The van der Waals surface area contributed by atoms with E-state index in [1.54, 1.807) is 42.7 Å². The van der Waals surface area contributed by atoms with Crippen LogP contribution in [0.4, 0.5) is 0 Å². The summed E-state index contributed by atoms with van der Waals surface area (Å²) in [6.45, 7) is 0.525. The van der Waals surface area contributed by atoms with Crippen molar-refractivity contribution in [2.24, 2.45) is 0 Å². The first-order valence-corrected chi connectivity index (χ1v) is 9.43. The Labute approximate surface area is 160 Å². The number of ether oxygens (including phenoxy) is 1. The minimum Gasteiger partial charge on any atom is -0.497 e. The summed E-state index contributed by atoms with van der Waals surface area (Å²) in [4.78, 5) is 17.7. The van der Waals surface area contributed by atoms with Gasteiger partial charge in [-0.2, -0.15) is 4.98 Å². The average molecular weight is 378 g/mol. The normalized spacial score (nSPS) is 10.9. The SMILES string of the molecule is COc1ccc(C(=O)NCCc2csc3nc(-c4ccccc4)nn23)cc1. The number of carbonyl (C=O) groups is 1. The Bertz CT molecular complexity index is 1050. The molecule has 2 heterocycles. The molecule has 0 aliphatic rings. The minimum atomic E-state index is -0.104. The number of nitrogens with zero attached hydrogens (tertiary/aromatic N) is 3. The molecule has 0 atom stereocenters. The Balaban J connectivity index is 1.41. The zero-order chi connectivity index (χ0) is 18.6. The standard InChI is InChI=1S/C20H18N4O2S/c1-26-17-9-7-15(8-10-17)19(25)21-12-11-16-13-27-20-22-18(23-24(16)20)14-5-3-2-4-6-14/h2-10,13H,11-12H2,1H3,(H,21,25). The molecule has 4 rings (SSSR count). The highest BCUT2D eigenvalue weighted by molar-refractivity contribution is 7.15. The number of benzene rings is 2. The first kappa shape index (κ1) is 17.2. The number of amides is 1. The number of hydrogen-bond donors (Lipinski definition) is 1. The molecule has 0 aliphatic carbocycles. The molecule has 0 saturated carbocycles. The van der Waals surface area contributed by atoms with Crippen LogP contribution in [0.25, 0.3) is 16.3 Å². The van der Waals surface area contributed by atoms with Crippen LogP contribution >= 0.6 is 11.3 Å². The summed E-state index contributed by atoms with van der Waals surface area (Å²) < 4.78 is 6.96. The fraction of sp³-hybridized carbons (Fsp3) is 0.150. The van der Waals surface area contributed by atoms with E-state index in [1.165, 1.54) is 0 Å². The Morgan fingerprint density at radius 3 is 2.67 bits per heavy atom. The molecule has 27 heavy (non-hydrogen) atoms. The van der Waals surface area contributed by atoms with Gasteiger partial charge in [0.2, 0.25) is 4.96 Å². The number of fused-ring (bicyclic) bond motifs is 1. The Hall–Kier alpha value is -3.19. The number of thiazole rings is 1. The number of aromatic nitrogens is 3. The van der Waals surface area contributed by atoms with Gasteiger partial charge in [0.15, 0.2) is 5.82 Å². The fourth-order valence-electron chi connectivity index (χ4n) is 2.75. The van der Waals surface area contributed by atoms with Gasteiger partial charge in [-0.1, -0.05) is 30.3 Å². The Morgan fingerprint density at radius 2 is 1.93 bits per heavy atom. The zero-order valence-corrected chi connectivity index (χ0v) is 15.6. The summed E-state index contributed by atoms with van der Waals surface area (Å²) in [7, 11) is 1.60. The molecule has 7 heteroatoms. The van der Waals surface area contributed by atoms with Gasteiger partial charge in [0, 0.05) is 29.5 Å². The van der Waals surface area contributed by atoms with Crippen molar-refractivity contribution in [3.8, 4) is 17.1 Å². The maximum absolute atomic E-state index is 12.2. The van der Waals surface area contributed by atoms with Crippen molar-refractivity contribution in [3.63, 3.8) is 0 Å². The molecule has 0 unspecified atom stereocenters. The molecule has 2 aromatic carbocycles. The lowest BCUT2D eigenvalue weighted by Gasteiger charge is -2.05. The van der Waals surface area contributed by atoms with E-state index in [4.69, 9.17) is 4.74 Å². The van der Waals surface area contributed by atoms with Gasteiger partial charge in [-0.3, -0.25) is 4.79 Å². The highest BCUT2D eigenvalue weighted by atomic mass is 32.1. The number of nitrogens with one attached hydrogen (secondary N) is 1. The fourth-order valence-corrected chi connectivity index (χ4v) is 3.61. The number of rotatable bonds is 6. The molecule has 2 aromatic heterocycles. The molecule has 0 radical (unpaired) electrons. The van der Waals surface area contributed by atoms with Gasteiger partial charge in [-0.25, -0.2) is 4.52 Å². The zero-order valence-electron chi connectivity index (χ0n) is 14.8. The van der Waals surface area contributed by atoms with Crippen LogP contribution in [-0.2, 0) is 6.42 Å². The molecule has 0 aliphatic heterocycles. The van der Waals surface area contributed by atoms with Crippen molar-refractivity contribution in [2.75, 3.05) is 13.7 Å². The van der Waals surface area contributed by atoms with E-state index in [-0.39, 0.29) is 5.91 Å². The second kappa shape index (κ2) is 7.59. The smallest absolute Gasteiger partial charge is 0.251 e. The lowest BCUT2D eigenvalue weighted by Crippen LogP contribution is -2.25. The van der Waals surface area contributed by atoms with Crippen LogP contribution in [0, 0.1) is 0 Å². The quantitative estimate of drug-likeness (QED) is 0.558. The maximum atomic E-state index is 12.2. The van der Waals surface area contributed by atoms with E-state index in [2.05, 4.69) is 15.4 Å². The Kier molecular flexibility index (Phi) is 4.84. The molecule has 1 N–H and O–H groups in total. The molecule has 0 saturated heterocycles. The largest absolute Gasteiger partial charge is 0.497 e. The molecule has 0 fully saturated rings. The second-order valence-electron chi connectivity index (χ2n) is 5.96. The van der Waals surface area contributed by atoms with Gasteiger partial charge in [0.1, 0.15) is 5.75 Å². The predicted molar refractivity (Wildman–Crippen MR) is 105 cm³/mol. The van der Waals surface area contributed by atoms with Crippen LogP contribution in [-0.4, -0.2) is 34.2 Å². The molecule has 0 bridgehead atoms. The van der Waals surface area contributed by atoms with Crippen molar-refractivity contribution in [1.82, 2.24) is 19.9 Å². The first-order chi connectivity index (χ1) is 13.2. The van der Waals surface area contributed by atoms with Gasteiger partial charge < -0.3 is 10.1 Å². The van der Waals surface area contributed by atoms with Crippen LogP contribution in [0.1, 0.15) is 16.1 Å². The van der Waals surface area contributed by atoms with Gasteiger partial charge >= 0.3 is 0 Å². The third-order valence-electron chi connectivity index (χ3n) is 4.20. The molecular weight excluding hydrogens is 360 g/mol. The summed E-state index contributed by atoms with van der Waals surface area (Å²) in [5.74, 6) is 1.34. The van der Waals surface area contributed by atoms with E-state index in [0.29, 0.717) is 24.4 Å². The van der Waals surface area contributed by atoms with E-state index in [0.717, 1.165) is 22.0 Å². The van der Waals surface area contributed by atoms with Crippen LogP contribution in [0.5, 0.6) is 5.75 Å². The van der Waals surface area contributed by atoms with E-state index >= 15 is 0 Å². The van der Waals surface area contributed by atoms with Gasteiger partial charge in [0.05, 0.1) is 12.8 Å². The highest BCUT2D eigenvalue weighted by Gasteiger charge is 2.12. The minimum absolute atomic E-state index is 0.104. The highest BCUT2D eigenvalue weighted by Crippen LogP contribution is 2.20. The van der Waals surface area contributed by atoms with E-state index in [9.17, 15) is 4.79 Å². The monoisotopic (exact) mass is 378 g/mol. The third kappa shape index (κ3) is 3.68. The van der Waals surface area contributed by atoms with Gasteiger partial charge in [-0.05, 0) is 24.3 Å². The van der Waals surface area contributed by atoms with Crippen molar-refractivity contribution in [3.05, 3.63) is 71.2 Å². The van der Waals surface area contributed by atoms with Crippen LogP contribution < -0.4 is 10.1 Å². The second-order valence-corrected chi connectivity index (χ2v) is 6.79. The van der Waals surface area contributed by atoms with Gasteiger partial charge in [-0.15, -0.1) is 16.4 Å². The van der Waals surface area contributed by atoms with Gasteiger partial charge in [0.25, 0.3) is 5.91 Å². The van der Waals surface area contributed by atoms with E-state index in [1.807, 2.05) is 40.2 Å². The molecule has 136 valence electrons. The molecule has 4 aromatic rings. The number of carbonyl (C=O) groups excluding carboxylic acids is 1. The maximum Gasteiger partial charge on any atom is 0.251 e. The van der Waals surface area contributed by atoms with Crippen LogP contribution in [0.3, 0.4) is 0 Å². The third-order valence-corrected chi connectivity index (χ3v) is 5.07. The number of methoxy groups -OCH3 is 1. The summed E-state index contributed by atoms with van der Waals surface area (Å²) in [6.07, 6.45) is 0.680. The average Bonchev–Trinajstić information content (AvgIpc) is 3.30. The lowest BCUT2D eigenvalue weighted by molar-refractivity contribution is 0.0954. The van der Waals surface area contributed by atoms with Crippen molar-refractivity contribution < 1.29 is 9.53 Å². The van der Waals surface area contributed by atoms with Crippen molar-refractivity contribution in [1.29, 1.82) is 0 Å². The molecular formula is C20H18N4O2S. The van der Waals surface area contributed by atoms with Crippen LogP contribution in [0.15, 0.2) is 60.0 Å². The summed E-state index contributed by atoms with van der Waals surface area (Å²) in [6, 6.07) is 17.0.